The normalized spacial score (nSPS) is 54.8. The second-order valence-corrected chi connectivity index (χ2v) is 8.47. The summed E-state index contributed by atoms with van der Waals surface area (Å²) in [6.07, 6.45) is 8.68. The topological polar surface area (TPSA) is 20.2 Å². The largest absolute Gasteiger partial charge is 0.390 e. The van der Waals surface area contributed by atoms with Gasteiger partial charge in [-0.3, -0.25) is 0 Å². The van der Waals surface area contributed by atoms with Crippen LogP contribution >= 0.6 is 0 Å². The lowest BCUT2D eigenvalue weighted by Gasteiger charge is -2.49. The van der Waals surface area contributed by atoms with Gasteiger partial charge in [-0.25, -0.2) is 0 Å². The van der Waals surface area contributed by atoms with E-state index in [1.807, 2.05) is 0 Å². The minimum absolute atomic E-state index is 0.348. The van der Waals surface area contributed by atoms with Gasteiger partial charge < -0.3 is 5.11 Å². The first-order chi connectivity index (χ1) is 8.30. The van der Waals surface area contributed by atoms with E-state index in [1.165, 1.54) is 32.1 Å². The van der Waals surface area contributed by atoms with Crippen molar-refractivity contribution >= 4 is 0 Å². The molecule has 1 heteroatoms. The van der Waals surface area contributed by atoms with Gasteiger partial charge in [0.05, 0.1) is 5.60 Å². The fourth-order valence-corrected chi connectivity index (χ4v) is 5.90. The molecule has 3 aliphatic rings. The summed E-state index contributed by atoms with van der Waals surface area (Å²) in [5.74, 6) is 2.13. The van der Waals surface area contributed by atoms with Crippen LogP contribution in [-0.4, -0.2) is 10.7 Å². The van der Waals surface area contributed by atoms with Crippen LogP contribution in [0.2, 0.25) is 0 Å². The molecule has 3 rings (SSSR count). The molecule has 0 aliphatic heterocycles. The van der Waals surface area contributed by atoms with E-state index in [2.05, 4.69) is 27.7 Å². The predicted molar refractivity (Wildman–Crippen MR) is 75.3 cm³/mol. The van der Waals surface area contributed by atoms with Crippen LogP contribution in [0.4, 0.5) is 0 Å². The van der Waals surface area contributed by atoms with Gasteiger partial charge in [0.2, 0.25) is 0 Å². The summed E-state index contributed by atoms with van der Waals surface area (Å²) in [6, 6.07) is 0. The lowest BCUT2D eigenvalue weighted by atomic mass is 9.58. The van der Waals surface area contributed by atoms with Gasteiger partial charge in [-0.2, -0.15) is 0 Å². The Kier molecular flexibility index (Phi) is 2.70. The molecule has 0 heterocycles. The van der Waals surface area contributed by atoms with E-state index in [0.717, 1.165) is 24.7 Å². The van der Waals surface area contributed by atoms with Gasteiger partial charge in [-0.15, -0.1) is 0 Å². The third-order valence-corrected chi connectivity index (χ3v) is 7.45. The summed E-state index contributed by atoms with van der Waals surface area (Å²) in [4.78, 5) is 0. The highest BCUT2D eigenvalue weighted by molar-refractivity contribution is 5.15. The van der Waals surface area contributed by atoms with Gasteiger partial charge in [0.25, 0.3) is 0 Å². The van der Waals surface area contributed by atoms with E-state index in [9.17, 15) is 5.11 Å². The van der Waals surface area contributed by atoms with Crippen molar-refractivity contribution in [3.05, 3.63) is 0 Å². The molecule has 3 saturated carbocycles. The Balaban J connectivity index is 1.90. The second-order valence-electron chi connectivity index (χ2n) is 8.47. The maximum Gasteiger partial charge on any atom is 0.0683 e. The summed E-state index contributed by atoms with van der Waals surface area (Å²) in [6.45, 7) is 9.72. The van der Waals surface area contributed by atoms with E-state index in [-0.39, 0.29) is 5.60 Å². The predicted octanol–water partition coefficient (Wildman–Crippen LogP) is 4.39. The summed E-state index contributed by atoms with van der Waals surface area (Å²) in [5, 5.41) is 11.3. The molecule has 0 aromatic heterocycles. The van der Waals surface area contributed by atoms with Crippen molar-refractivity contribution in [2.24, 2.45) is 28.6 Å². The van der Waals surface area contributed by atoms with Gasteiger partial charge in [0, 0.05) is 0 Å². The minimum atomic E-state index is -0.348. The SMILES string of the molecule is CC1CCCC(O)([C@@H]2C[C@H]3CC[C@]2(C)C3(C)C)C1. The quantitative estimate of drug-likeness (QED) is 0.732. The number of hydrogen-bond donors (Lipinski definition) is 1. The van der Waals surface area contributed by atoms with E-state index < -0.39 is 0 Å². The van der Waals surface area contributed by atoms with Crippen LogP contribution in [-0.2, 0) is 0 Å². The number of aliphatic hydroxyl groups is 1. The first kappa shape index (κ1) is 13.0. The molecule has 1 nitrogen and oxygen atoms in total. The highest BCUT2D eigenvalue weighted by Gasteiger charge is 2.65. The molecule has 0 aromatic rings. The molecule has 0 amide bonds. The maximum atomic E-state index is 11.3. The first-order valence-corrected chi connectivity index (χ1v) is 8.02. The van der Waals surface area contributed by atoms with Crippen molar-refractivity contribution in [1.29, 1.82) is 0 Å². The molecule has 18 heavy (non-hydrogen) atoms. The molecule has 0 spiro atoms. The van der Waals surface area contributed by atoms with Crippen LogP contribution in [0.5, 0.6) is 0 Å². The summed E-state index contributed by atoms with van der Waals surface area (Å²) < 4.78 is 0. The lowest BCUT2D eigenvalue weighted by Crippen LogP contribution is -2.49. The monoisotopic (exact) mass is 250 g/mol. The number of hydrogen-bond acceptors (Lipinski definition) is 1. The Bertz CT molecular complexity index is 348. The van der Waals surface area contributed by atoms with Gasteiger partial charge in [0.15, 0.2) is 0 Å². The van der Waals surface area contributed by atoms with Crippen molar-refractivity contribution in [1.82, 2.24) is 0 Å². The Morgan fingerprint density at radius 2 is 1.78 bits per heavy atom. The molecule has 5 atom stereocenters. The Morgan fingerprint density at radius 1 is 1.06 bits per heavy atom. The van der Waals surface area contributed by atoms with Crippen LogP contribution in [0.15, 0.2) is 0 Å². The molecule has 104 valence electrons. The van der Waals surface area contributed by atoms with Gasteiger partial charge >= 0.3 is 0 Å². The fourth-order valence-electron chi connectivity index (χ4n) is 5.90. The number of fused-ring (bicyclic) bond motifs is 2. The first-order valence-electron chi connectivity index (χ1n) is 8.02. The van der Waals surface area contributed by atoms with Crippen LogP contribution in [0, 0.1) is 28.6 Å². The van der Waals surface area contributed by atoms with E-state index in [0.29, 0.717) is 16.7 Å². The summed E-state index contributed by atoms with van der Waals surface area (Å²) in [7, 11) is 0. The molecular weight excluding hydrogens is 220 g/mol. The zero-order chi connectivity index (χ0) is 13.2. The average Bonchev–Trinajstić information content (AvgIpc) is 2.60. The third kappa shape index (κ3) is 1.49. The second kappa shape index (κ2) is 3.75. The van der Waals surface area contributed by atoms with Crippen LogP contribution in [0.25, 0.3) is 0 Å². The fraction of sp³-hybridized carbons (Fsp3) is 1.00. The molecule has 0 radical (unpaired) electrons. The van der Waals surface area contributed by atoms with Crippen LogP contribution in [0.3, 0.4) is 0 Å². The maximum absolute atomic E-state index is 11.3. The van der Waals surface area contributed by atoms with Gasteiger partial charge in [0.1, 0.15) is 0 Å². The molecular formula is C17H30O. The van der Waals surface area contributed by atoms with Crippen molar-refractivity contribution in [3.8, 4) is 0 Å². The zero-order valence-electron chi connectivity index (χ0n) is 12.6. The minimum Gasteiger partial charge on any atom is -0.390 e. The molecule has 0 saturated heterocycles. The van der Waals surface area contributed by atoms with Crippen molar-refractivity contribution in [2.45, 2.75) is 78.2 Å². The number of rotatable bonds is 1. The summed E-state index contributed by atoms with van der Waals surface area (Å²) in [5.41, 5.74) is 0.469. The molecule has 3 aliphatic carbocycles. The van der Waals surface area contributed by atoms with Gasteiger partial charge in [-0.1, -0.05) is 40.5 Å². The Morgan fingerprint density at radius 3 is 2.28 bits per heavy atom. The van der Waals surface area contributed by atoms with Crippen LogP contribution < -0.4 is 0 Å². The standard InChI is InChI=1S/C17H30O/c1-12-6-5-8-17(18,11-12)14-10-13-7-9-16(14,4)15(13,2)3/h12-14,18H,5-11H2,1-4H3/t12?,13-,14-,16+,17?/m1/s1. The smallest absolute Gasteiger partial charge is 0.0683 e. The lowest BCUT2D eigenvalue weighted by molar-refractivity contribution is -0.111. The molecule has 2 bridgehead atoms. The van der Waals surface area contributed by atoms with E-state index in [4.69, 9.17) is 0 Å². The zero-order valence-corrected chi connectivity index (χ0v) is 12.6. The molecule has 0 aromatic carbocycles. The molecule has 1 N–H and O–H groups in total. The van der Waals surface area contributed by atoms with Crippen LogP contribution in [0.1, 0.15) is 72.6 Å². The Labute approximate surface area is 112 Å². The molecule has 2 unspecified atom stereocenters. The average molecular weight is 250 g/mol. The van der Waals surface area contributed by atoms with E-state index >= 15 is 0 Å². The summed E-state index contributed by atoms with van der Waals surface area (Å²) >= 11 is 0. The van der Waals surface area contributed by atoms with E-state index in [1.54, 1.807) is 0 Å². The van der Waals surface area contributed by atoms with Gasteiger partial charge in [-0.05, 0) is 60.7 Å². The van der Waals surface area contributed by atoms with Crippen molar-refractivity contribution in [3.63, 3.8) is 0 Å². The van der Waals surface area contributed by atoms with Crippen molar-refractivity contribution in [2.75, 3.05) is 0 Å². The third-order valence-electron chi connectivity index (χ3n) is 7.45. The highest BCUT2D eigenvalue weighted by atomic mass is 16.3. The Hall–Kier alpha value is -0.0400. The molecule has 3 fully saturated rings. The highest BCUT2D eigenvalue weighted by Crippen LogP contribution is 2.71. The van der Waals surface area contributed by atoms with Crippen molar-refractivity contribution < 1.29 is 5.11 Å².